The van der Waals surface area contributed by atoms with Crippen LogP contribution in [0, 0.1) is 5.41 Å². The number of nitrogens with one attached hydrogen (secondary N) is 2. The Bertz CT molecular complexity index is 1510. The molecule has 35 heavy (non-hydrogen) atoms. The third-order valence-corrected chi connectivity index (χ3v) is 8.03. The molecule has 0 amide bonds. The average Bonchev–Trinajstić information content (AvgIpc) is 3.23. The summed E-state index contributed by atoms with van der Waals surface area (Å²) >= 11 is 0. The lowest BCUT2D eigenvalue weighted by atomic mass is 9.92. The van der Waals surface area contributed by atoms with Crippen molar-refractivity contribution in [2.75, 3.05) is 16.6 Å². The van der Waals surface area contributed by atoms with Gasteiger partial charge < -0.3 is 14.9 Å². The second kappa shape index (κ2) is 9.18. The number of thiol groups is 1. The van der Waals surface area contributed by atoms with E-state index in [4.69, 9.17) is 4.52 Å². The maximum atomic E-state index is 13.8. The highest BCUT2D eigenvalue weighted by atomic mass is 32.2. The maximum absolute atomic E-state index is 13.8. The van der Waals surface area contributed by atoms with Crippen LogP contribution in [0.25, 0.3) is 5.52 Å². The Morgan fingerprint density at radius 2 is 2.00 bits per heavy atom. The monoisotopic (exact) mass is 521 g/mol. The van der Waals surface area contributed by atoms with Gasteiger partial charge in [0.25, 0.3) is 5.56 Å². The first-order valence-electron chi connectivity index (χ1n) is 11.0. The van der Waals surface area contributed by atoms with Crippen LogP contribution in [0.4, 0.5) is 11.4 Å². The Labute approximate surface area is 204 Å². The molecule has 13 heteroatoms. The summed E-state index contributed by atoms with van der Waals surface area (Å²) in [6.45, 7) is 8.30. The fourth-order valence-electron chi connectivity index (χ4n) is 3.86. The SMILES string of the molecule is CCOP1(=O)N=C(c2c(O)c3cccn3n(CCC(C)(C)C)c2=O)Nc2ccc(N[SH](=O)=O)cc21. The Hall–Kier alpha value is -3.08. The van der Waals surface area contributed by atoms with Crippen LogP contribution in [0.2, 0.25) is 0 Å². The van der Waals surface area contributed by atoms with Crippen LogP contribution in [0.5, 0.6) is 5.75 Å². The standard InChI is InChI=1S/C22H28N5O6PS/c1-5-33-34(30)17-13-14(25-35(31)32)8-9-15(17)23-20(24-34)18-19(28)16-7-6-11-26(16)27(21(18)29)12-10-22(2,3)4/h6-9,11,13,28,35H,5,10,12H2,1-4H3,(H,23,24,30)(H,25,31,32). The third-order valence-electron chi connectivity index (χ3n) is 5.54. The van der Waals surface area contributed by atoms with E-state index in [0.29, 0.717) is 24.2 Å². The summed E-state index contributed by atoms with van der Waals surface area (Å²) in [6.07, 6.45) is 2.39. The summed E-state index contributed by atoms with van der Waals surface area (Å²) in [7, 11) is -6.84. The lowest BCUT2D eigenvalue weighted by Crippen LogP contribution is -2.36. The Morgan fingerprint density at radius 1 is 1.26 bits per heavy atom. The molecule has 2 aromatic heterocycles. The van der Waals surface area contributed by atoms with E-state index < -0.39 is 24.0 Å². The molecule has 11 nitrogen and oxygen atoms in total. The van der Waals surface area contributed by atoms with Crippen molar-refractivity contribution in [3.8, 4) is 5.75 Å². The van der Waals surface area contributed by atoms with Crippen LogP contribution in [0.15, 0.2) is 46.1 Å². The van der Waals surface area contributed by atoms with Gasteiger partial charge in [0.1, 0.15) is 11.1 Å². The molecule has 1 atom stereocenters. The lowest BCUT2D eigenvalue weighted by Gasteiger charge is -2.26. The van der Waals surface area contributed by atoms with Crippen LogP contribution >= 0.6 is 7.52 Å². The molecule has 4 rings (SSSR count). The van der Waals surface area contributed by atoms with Crippen LogP contribution in [-0.4, -0.2) is 35.2 Å². The van der Waals surface area contributed by atoms with Gasteiger partial charge in [-0.05, 0) is 49.1 Å². The van der Waals surface area contributed by atoms with Crippen LogP contribution in [-0.2, 0) is 26.5 Å². The van der Waals surface area contributed by atoms with E-state index in [9.17, 15) is 22.9 Å². The Morgan fingerprint density at radius 3 is 2.66 bits per heavy atom. The van der Waals surface area contributed by atoms with E-state index in [1.165, 1.54) is 22.9 Å². The van der Waals surface area contributed by atoms with E-state index in [0.717, 1.165) is 0 Å². The molecule has 1 aliphatic heterocycles. The summed E-state index contributed by atoms with van der Waals surface area (Å²) in [5.41, 5.74) is 0.252. The number of fused-ring (bicyclic) bond motifs is 2. The predicted octanol–water partition coefficient (Wildman–Crippen LogP) is 2.91. The van der Waals surface area contributed by atoms with Crippen LogP contribution in [0.1, 0.15) is 39.7 Å². The number of hydrogen-bond acceptors (Lipinski definition) is 7. The zero-order valence-corrected chi connectivity index (χ0v) is 21.6. The number of anilines is 2. The van der Waals surface area contributed by atoms with Gasteiger partial charge in [0.2, 0.25) is 10.9 Å². The van der Waals surface area contributed by atoms with Crippen molar-refractivity contribution in [3.63, 3.8) is 0 Å². The number of aromatic nitrogens is 2. The highest BCUT2D eigenvalue weighted by Crippen LogP contribution is 2.52. The van der Waals surface area contributed by atoms with Gasteiger partial charge in [-0.2, -0.15) is 4.76 Å². The number of rotatable bonds is 7. The molecule has 0 saturated carbocycles. The number of aromatic hydroxyl groups is 1. The van der Waals surface area contributed by atoms with Crippen molar-refractivity contribution in [2.45, 2.75) is 40.7 Å². The van der Waals surface area contributed by atoms with Gasteiger partial charge >= 0.3 is 7.52 Å². The summed E-state index contributed by atoms with van der Waals surface area (Å²) in [4.78, 5) is 13.6. The number of aryl methyl sites for hydroxylation is 1. The quantitative estimate of drug-likeness (QED) is 0.276. The molecule has 1 unspecified atom stereocenters. The van der Waals surface area contributed by atoms with Crippen molar-refractivity contribution in [1.29, 1.82) is 0 Å². The lowest BCUT2D eigenvalue weighted by molar-refractivity contribution is 0.330. The van der Waals surface area contributed by atoms with E-state index in [2.05, 4.69) is 35.6 Å². The van der Waals surface area contributed by atoms with Crippen molar-refractivity contribution < 1.29 is 22.6 Å². The first-order chi connectivity index (χ1) is 16.4. The van der Waals surface area contributed by atoms with E-state index >= 15 is 0 Å². The van der Waals surface area contributed by atoms with Crippen molar-refractivity contribution >= 4 is 46.4 Å². The smallest absolute Gasteiger partial charge is 0.348 e. The Kier molecular flexibility index (Phi) is 6.56. The van der Waals surface area contributed by atoms with E-state index in [1.807, 2.05) is 0 Å². The zero-order valence-electron chi connectivity index (χ0n) is 19.8. The molecule has 1 aliphatic rings. The van der Waals surface area contributed by atoms with Crippen LogP contribution in [0.3, 0.4) is 0 Å². The van der Waals surface area contributed by atoms with Gasteiger partial charge in [-0.15, -0.1) is 0 Å². The summed E-state index contributed by atoms with van der Waals surface area (Å²) in [6, 6.07) is 7.77. The summed E-state index contributed by atoms with van der Waals surface area (Å²) < 4.78 is 51.2. The van der Waals surface area contributed by atoms with E-state index in [-0.39, 0.29) is 40.2 Å². The van der Waals surface area contributed by atoms with Gasteiger partial charge in [0.05, 0.1) is 17.6 Å². The molecule has 0 radical (unpaired) electrons. The Balaban J connectivity index is 1.90. The minimum Gasteiger partial charge on any atom is -0.505 e. The number of amidine groups is 1. The highest BCUT2D eigenvalue weighted by Gasteiger charge is 2.36. The molecular formula is C22H28N5O6PS. The second-order valence-electron chi connectivity index (χ2n) is 9.31. The molecule has 0 bridgehead atoms. The third kappa shape index (κ3) is 4.86. The number of benzene rings is 1. The first kappa shape index (κ1) is 25.0. The van der Waals surface area contributed by atoms with Crippen LogP contribution < -0.4 is 20.9 Å². The molecule has 0 saturated heterocycles. The molecule has 1 aromatic carbocycles. The fraction of sp³-hybridized carbons (Fsp3) is 0.364. The van der Waals surface area contributed by atoms with Crippen molar-refractivity contribution in [1.82, 2.24) is 9.20 Å². The zero-order chi connectivity index (χ0) is 25.5. The van der Waals surface area contributed by atoms with Gasteiger partial charge in [0, 0.05) is 18.4 Å². The minimum absolute atomic E-state index is 0.0402. The average molecular weight is 522 g/mol. The minimum atomic E-state index is -3.92. The number of hydrogen-bond donors (Lipinski definition) is 4. The van der Waals surface area contributed by atoms with Gasteiger partial charge in [0.15, 0.2) is 11.6 Å². The topological polar surface area (TPSA) is 143 Å². The van der Waals surface area contributed by atoms with Crippen molar-refractivity contribution in [2.24, 2.45) is 10.2 Å². The van der Waals surface area contributed by atoms with Gasteiger partial charge in [-0.3, -0.25) is 18.6 Å². The second-order valence-corrected chi connectivity index (χ2v) is 12.0. The molecule has 0 spiro atoms. The summed E-state index contributed by atoms with van der Waals surface area (Å²) in [5, 5.41) is 14.2. The van der Waals surface area contributed by atoms with Gasteiger partial charge in [-0.1, -0.05) is 20.8 Å². The van der Waals surface area contributed by atoms with Gasteiger partial charge in [-0.25, -0.2) is 13.1 Å². The first-order valence-corrected chi connectivity index (χ1v) is 13.8. The number of nitrogens with zero attached hydrogens (tertiary/aromatic N) is 3. The molecule has 0 aliphatic carbocycles. The largest absolute Gasteiger partial charge is 0.505 e. The maximum Gasteiger partial charge on any atom is 0.348 e. The normalized spacial score (nSPS) is 17.8. The molecular weight excluding hydrogens is 493 g/mol. The fourth-order valence-corrected chi connectivity index (χ4v) is 6.02. The molecule has 188 valence electrons. The molecule has 3 N–H and O–H groups in total. The molecule has 0 fully saturated rings. The molecule has 3 heterocycles. The summed E-state index contributed by atoms with van der Waals surface area (Å²) in [5.74, 6) is -0.382. The molecule has 3 aromatic rings. The predicted molar refractivity (Wildman–Crippen MR) is 137 cm³/mol. The van der Waals surface area contributed by atoms with Crippen molar-refractivity contribution in [3.05, 3.63) is 52.4 Å². The van der Waals surface area contributed by atoms with E-state index in [1.54, 1.807) is 29.8 Å². The highest BCUT2D eigenvalue weighted by molar-refractivity contribution is 7.74.